The van der Waals surface area contributed by atoms with Crippen LogP contribution in [0.25, 0.3) is 5.69 Å². The van der Waals surface area contributed by atoms with E-state index in [0.29, 0.717) is 40.7 Å². The van der Waals surface area contributed by atoms with Crippen LogP contribution in [0.3, 0.4) is 0 Å². The summed E-state index contributed by atoms with van der Waals surface area (Å²) in [5.74, 6) is 0.516. The first-order valence-electron chi connectivity index (χ1n) is 15.8. The highest BCUT2D eigenvalue weighted by molar-refractivity contribution is 7.99. The number of nitrogens with zero attached hydrogens (tertiary/aromatic N) is 4. The highest BCUT2D eigenvalue weighted by Gasteiger charge is 2.33. The van der Waals surface area contributed by atoms with Gasteiger partial charge in [0.1, 0.15) is 5.75 Å². The number of hydrogen-bond acceptors (Lipinski definition) is 10. The molecule has 0 spiro atoms. The molecule has 1 fully saturated rings. The average Bonchev–Trinajstić information content (AvgIpc) is 3.60. The molecular weight excluding hydrogens is 644 g/mol. The number of hydrogen-bond donors (Lipinski definition) is 4. The third kappa shape index (κ3) is 8.89. The van der Waals surface area contributed by atoms with Gasteiger partial charge >= 0.3 is 6.03 Å². The summed E-state index contributed by atoms with van der Waals surface area (Å²) < 4.78 is 14.6. The summed E-state index contributed by atoms with van der Waals surface area (Å²) in [6.07, 6.45) is -0.418. The minimum atomic E-state index is -0.761. The monoisotopic (exact) mass is 680 g/mol. The standard InChI is InChI=1S/C36H36N6O6S/c1-23(44)32(18-24-6-3-2-4-7-24)38-35(46)37-28-9-5-8-27(19-28)34-47-31(20-33(48-34)26-12-10-25(21-43)11-13-26)22-49-36-39-40-41-42(36)29-14-16-30(45)17-15-29/h2-17,19,31-34,43,45H,18,20-22H2,1H3,(H2,37,38,46). The summed E-state index contributed by atoms with van der Waals surface area (Å²) in [6.45, 7) is 1.40. The van der Waals surface area contributed by atoms with E-state index in [1.807, 2.05) is 60.7 Å². The Labute approximate surface area is 287 Å². The van der Waals surface area contributed by atoms with Crippen molar-refractivity contribution in [2.45, 2.75) is 56.1 Å². The molecule has 0 radical (unpaired) electrons. The van der Waals surface area contributed by atoms with E-state index in [2.05, 4.69) is 26.2 Å². The maximum atomic E-state index is 13.0. The first kappa shape index (κ1) is 33.8. The van der Waals surface area contributed by atoms with Crippen molar-refractivity contribution in [1.82, 2.24) is 25.5 Å². The van der Waals surface area contributed by atoms with Crippen molar-refractivity contribution in [2.24, 2.45) is 0 Å². The van der Waals surface area contributed by atoms with Crippen LogP contribution < -0.4 is 10.6 Å². The van der Waals surface area contributed by atoms with Crippen LogP contribution in [0.2, 0.25) is 0 Å². The number of aliphatic hydroxyl groups excluding tert-OH is 1. The number of carbonyl (C=O) groups is 2. The zero-order valence-electron chi connectivity index (χ0n) is 26.7. The van der Waals surface area contributed by atoms with Crippen molar-refractivity contribution in [3.05, 3.63) is 125 Å². The summed E-state index contributed by atoms with van der Waals surface area (Å²) in [5.41, 5.74) is 4.61. The second-order valence-corrected chi connectivity index (χ2v) is 12.6. The SMILES string of the molecule is CC(=O)C(Cc1ccccc1)NC(=O)Nc1cccc(C2OC(CSc3nnnn3-c3ccc(O)cc3)CC(c3ccc(CO)cc3)O2)c1. The van der Waals surface area contributed by atoms with Crippen LogP contribution in [-0.4, -0.2) is 60.1 Å². The third-order valence-corrected chi connectivity index (χ3v) is 9.10. The van der Waals surface area contributed by atoms with E-state index >= 15 is 0 Å². The van der Waals surface area contributed by atoms with Gasteiger partial charge in [-0.25, -0.2) is 4.79 Å². The molecule has 4 unspecified atom stereocenters. The van der Waals surface area contributed by atoms with Crippen LogP contribution in [0.5, 0.6) is 5.75 Å². The van der Waals surface area contributed by atoms with Gasteiger partial charge in [-0.15, -0.1) is 5.10 Å². The molecule has 252 valence electrons. The minimum absolute atomic E-state index is 0.0562. The second kappa shape index (κ2) is 15.9. The van der Waals surface area contributed by atoms with Crippen LogP contribution in [0.1, 0.15) is 48.0 Å². The summed E-state index contributed by atoms with van der Waals surface area (Å²) in [7, 11) is 0. The van der Waals surface area contributed by atoms with Gasteiger partial charge < -0.3 is 30.3 Å². The number of phenolic OH excluding ortho intramolecular Hbond substituents is 1. The Kier molecular flexibility index (Phi) is 11.0. The van der Waals surface area contributed by atoms with Gasteiger partial charge in [-0.1, -0.05) is 78.5 Å². The number of phenols is 1. The Morgan fingerprint density at radius 1 is 0.939 bits per heavy atom. The molecule has 4 aromatic carbocycles. The van der Waals surface area contributed by atoms with E-state index < -0.39 is 18.4 Å². The minimum Gasteiger partial charge on any atom is -0.508 e. The molecule has 4 atom stereocenters. The van der Waals surface area contributed by atoms with Crippen molar-refractivity contribution in [2.75, 3.05) is 11.1 Å². The summed E-state index contributed by atoms with van der Waals surface area (Å²) in [5, 5.41) is 37.6. The lowest BCUT2D eigenvalue weighted by atomic mass is 10.0. The van der Waals surface area contributed by atoms with Crippen LogP contribution in [0.4, 0.5) is 10.5 Å². The fraction of sp³-hybridized carbons (Fsp3) is 0.250. The van der Waals surface area contributed by atoms with E-state index in [0.717, 1.165) is 16.7 Å². The Bertz CT molecular complexity index is 1850. The number of carbonyl (C=O) groups excluding carboxylic acids is 2. The number of anilines is 1. The van der Waals surface area contributed by atoms with Crippen LogP contribution in [0, 0.1) is 0 Å². The molecule has 49 heavy (non-hydrogen) atoms. The molecule has 1 aliphatic rings. The quantitative estimate of drug-likeness (QED) is 0.124. The Morgan fingerprint density at radius 2 is 1.71 bits per heavy atom. The molecule has 1 aliphatic heterocycles. The van der Waals surface area contributed by atoms with Crippen molar-refractivity contribution in [1.29, 1.82) is 0 Å². The normalized spacial score (nSPS) is 18.0. The fourth-order valence-corrected chi connectivity index (χ4v) is 6.36. The number of nitrogens with one attached hydrogen (secondary N) is 2. The molecule has 13 heteroatoms. The predicted molar refractivity (Wildman–Crippen MR) is 183 cm³/mol. The van der Waals surface area contributed by atoms with Crippen LogP contribution in [-0.2, 0) is 27.3 Å². The highest BCUT2D eigenvalue weighted by atomic mass is 32.2. The van der Waals surface area contributed by atoms with Gasteiger partial charge in [0.15, 0.2) is 12.1 Å². The number of aliphatic hydroxyl groups is 1. The number of aromatic nitrogens is 4. The van der Waals surface area contributed by atoms with Gasteiger partial charge in [-0.2, -0.15) is 4.68 Å². The van der Waals surface area contributed by atoms with Crippen molar-refractivity contribution in [3.63, 3.8) is 0 Å². The molecule has 5 aromatic rings. The number of Topliss-reactive ketones (excluding diaryl/α,β-unsaturated/α-hetero) is 1. The molecule has 4 N–H and O–H groups in total. The smallest absolute Gasteiger partial charge is 0.319 e. The van der Waals surface area contributed by atoms with Gasteiger partial charge in [-0.05, 0) is 76.9 Å². The fourth-order valence-electron chi connectivity index (χ4n) is 5.45. The van der Waals surface area contributed by atoms with Crippen molar-refractivity contribution in [3.8, 4) is 11.4 Å². The third-order valence-electron chi connectivity index (χ3n) is 8.04. The zero-order valence-corrected chi connectivity index (χ0v) is 27.5. The van der Waals surface area contributed by atoms with Crippen molar-refractivity contribution < 1.29 is 29.3 Å². The lowest BCUT2D eigenvalue weighted by molar-refractivity contribution is -0.245. The number of rotatable bonds is 12. The maximum Gasteiger partial charge on any atom is 0.319 e. The lowest BCUT2D eigenvalue weighted by Crippen LogP contribution is -2.43. The number of ketones is 1. The Balaban J connectivity index is 1.17. The number of tetrazole rings is 1. The molecule has 0 saturated carbocycles. The predicted octanol–water partition coefficient (Wildman–Crippen LogP) is 5.52. The molecule has 0 aliphatic carbocycles. The van der Waals surface area contributed by atoms with Crippen molar-refractivity contribution >= 4 is 29.3 Å². The second-order valence-electron chi connectivity index (χ2n) is 11.6. The molecular formula is C36H36N6O6S. The van der Waals surface area contributed by atoms with E-state index in [1.165, 1.54) is 18.7 Å². The van der Waals surface area contributed by atoms with Gasteiger partial charge in [0.25, 0.3) is 0 Å². The first-order chi connectivity index (χ1) is 23.8. The molecule has 0 bridgehead atoms. The molecule has 2 amide bonds. The van der Waals surface area contributed by atoms with E-state index in [-0.39, 0.29) is 30.3 Å². The van der Waals surface area contributed by atoms with E-state index in [4.69, 9.17) is 9.47 Å². The topological polar surface area (TPSA) is 161 Å². The number of ether oxygens (including phenoxy) is 2. The van der Waals surface area contributed by atoms with Gasteiger partial charge in [0.2, 0.25) is 5.16 Å². The number of aromatic hydroxyl groups is 1. The summed E-state index contributed by atoms with van der Waals surface area (Å²) >= 11 is 1.44. The van der Waals surface area contributed by atoms with E-state index in [9.17, 15) is 19.8 Å². The molecule has 6 rings (SSSR count). The van der Waals surface area contributed by atoms with Crippen LogP contribution >= 0.6 is 11.8 Å². The largest absolute Gasteiger partial charge is 0.508 e. The zero-order chi connectivity index (χ0) is 34.2. The van der Waals surface area contributed by atoms with Crippen LogP contribution in [0.15, 0.2) is 108 Å². The number of thioether (sulfide) groups is 1. The Hall–Kier alpha value is -5.08. The van der Waals surface area contributed by atoms with E-state index in [1.54, 1.807) is 47.1 Å². The first-order valence-corrected chi connectivity index (χ1v) is 16.8. The average molecular weight is 681 g/mol. The number of amides is 2. The lowest BCUT2D eigenvalue weighted by Gasteiger charge is -2.36. The Morgan fingerprint density at radius 3 is 2.45 bits per heavy atom. The van der Waals surface area contributed by atoms with Gasteiger partial charge in [0.05, 0.1) is 30.5 Å². The molecule has 12 nitrogen and oxygen atoms in total. The number of benzene rings is 4. The molecule has 1 aromatic heterocycles. The summed E-state index contributed by atoms with van der Waals surface area (Å²) in [6, 6.07) is 29.8. The molecule has 2 heterocycles. The van der Waals surface area contributed by atoms with Gasteiger partial charge in [0, 0.05) is 23.4 Å². The molecule has 1 saturated heterocycles. The maximum absolute atomic E-state index is 13.0. The summed E-state index contributed by atoms with van der Waals surface area (Å²) in [4.78, 5) is 25.3. The number of urea groups is 1. The van der Waals surface area contributed by atoms with Gasteiger partial charge in [-0.3, -0.25) is 4.79 Å². The highest BCUT2D eigenvalue weighted by Crippen LogP contribution is 2.40.